The van der Waals surface area contributed by atoms with Crippen molar-refractivity contribution in [1.82, 2.24) is 25.1 Å². The minimum absolute atomic E-state index is 0.0610. The molecule has 0 saturated carbocycles. The molecule has 224 valence electrons. The van der Waals surface area contributed by atoms with Crippen LogP contribution in [0.5, 0.6) is 0 Å². The van der Waals surface area contributed by atoms with Gasteiger partial charge in [0.15, 0.2) is 5.82 Å². The highest BCUT2D eigenvalue weighted by molar-refractivity contribution is 7.51. The number of rotatable bonds is 14. The van der Waals surface area contributed by atoms with E-state index < -0.39 is 43.7 Å². The lowest BCUT2D eigenvalue weighted by Crippen LogP contribution is -2.56. The summed E-state index contributed by atoms with van der Waals surface area (Å²) in [6.07, 6.45) is 0.684. The molecule has 2 atom stereocenters. The Balaban J connectivity index is 1.73. The van der Waals surface area contributed by atoms with Gasteiger partial charge in [-0.15, -0.1) is 0 Å². The van der Waals surface area contributed by atoms with Crippen LogP contribution in [0.25, 0.3) is 11.4 Å². The van der Waals surface area contributed by atoms with Crippen LogP contribution in [0.15, 0.2) is 36.4 Å². The second kappa shape index (κ2) is 15.1. The van der Waals surface area contributed by atoms with Gasteiger partial charge >= 0.3 is 13.6 Å². The van der Waals surface area contributed by atoms with E-state index in [-0.39, 0.29) is 17.9 Å². The number of carbonyl (C=O) groups excluding carboxylic acids is 2. The Morgan fingerprint density at radius 3 is 2.34 bits per heavy atom. The SMILES string of the molecule is CC(O)CCc1cc(C(=O)N[C@@H](CP(=O)(O)O)C(=O)N2CCN(CCCCC(=O)O)CC2)nc(-c2ccccc2)n1. The van der Waals surface area contributed by atoms with E-state index in [9.17, 15) is 33.8 Å². The van der Waals surface area contributed by atoms with Gasteiger partial charge in [-0.1, -0.05) is 30.3 Å². The van der Waals surface area contributed by atoms with Gasteiger partial charge in [-0.2, -0.15) is 0 Å². The monoisotopic (exact) mass is 591 g/mol. The fourth-order valence-corrected chi connectivity index (χ4v) is 5.22. The lowest BCUT2D eigenvalue weighted by molar-refractivity contribution is -0.137. The molecule has 1 aliphatic rings. The Morgan fingerprint density at radius 2 is 1.73 bits per heavy atom. The van der Waals surface area contributed by atoms with E-state index >= 15 is 0 Å². The second-order valence-corrected chi connectivity index (χ2v) is 11.9. The molecule has 1 fully saturated rings. The van der Waals surface area contributed by atoms with E-state index in [4.69, 9.17) is 5.11 Å². The molecule has 3 rings (SSSR count). The number of aliphatic hydroxyl groups excluding tert-OH is 1. The highest BCUT2D eigenvalue weighted by Gasteiger charge is 2.34. The summed E-state index contributed by atoms with van der Waals surface area (Å²) in [5.74, 6) is -1.94. The lowest BCUT2D eigenvalue weighted by Gasteiger charge is -2.36. The molecular weight excluding hydrogens is 553 g/mol. The zero-order chi connectivity index (χ0) is 30.0. The molecule has 0 radical (unpaired) electrons. The smallest absolute Gasteiger partial charge is 0.328 e. The average Bonchev–Trinajstić information content (AvgIpc) is 2.93. The molecule has 1 aromatic heterocycles. The van der Waals surface area contributed by atoms with Crippen LogP contribution >= 0.6 is 7.60 Å². The number of aliphatic carboxylic acids is 1. The van der Waals surface area contributed by atoms with Crippen LogP contribution in [0.2, 0.25) is 0 Å². The van der Waals surface area contributed by atoms with Gasteiger partial charge < -0.3 is 30.2 Å². The first-order valence-electron chi connectivity index (χ1n) is 13.6. The van der Waals surface area contributed by atoms with Gasteiger partial charge in [-0.25, -0.2) is 9.97 Å². The van der Waals surface area contributed by atoms with Crippen LogP contribution in [0.3, 0.4) is 0 Å². The topological polar surface area (TPSA) is 193 Å². The van der Waals surface area contributed by atoms with Crippen LogP contribution in [0, 0.1) is 0 Å². The van der Waals surface area contributed by atoms with Crippen molar-refractivity contribution in [1.29, 1.82) is 0 Å². The highest BCUT2D eigenvalue weighted by atomic mass is 31.2. The number of nitrogens with one attached hydrogen (secondary N) is 1. The summed E-state index contributed by atoms with van der Waals surface area (Å²) in [4.78, 5) is 69.1. The fourth-order valence-electron chi connectivity index (χ4n) is 4.49. The third-order valence-electron chi connectivity index (χ3n) is 6.68. The Labute approximate surface area is 238 Å². The minimum Gasteiger partial charge on any atom is -0.481 e. The van der Waals surface area contributed by atoms with Gasteiger partial charge in [-0.05, 0) is 45.2 Å². The lowest BCUT2D eigenvalue weighted by atomic mass is 10.1. The van der Waals surface area contributed by atoms with Crippen LogP contribution in [0.1, 0.15) is 48.8 Å². The van der Waals surface area contributed by atoms with Gasteiger partial charge in [0.05, 0.1) is 12.3 Å². The Kier molecular flexibility index (Phi) is 11.9. The number of aromatic nitrogens is 2. The zero-order valence-corrected chi connectivity index (χ0v) is 23.9. The summed E-state index contributed by atoms with van der Waals surface area (Å²) in [6, 6.07) is 8.96. The van der Waals surface area contributed by atoms with Gasteiger partial charge in [0.25, 0.3) is 5.91 Å². The number of piperazine rings is 1. The van der Waals surface area contributed by atoms with Crippen LogP contribution in [-0.2, 0) is 20.6 Å². The molecule has 1 aromatic carbocycles. The zero-order valence-electron chi connectivity index (χ0n) is 23.1. The van der Waals surface area contributed by atoms with E-state index in [1.807, 2.05) is 6.07 Å². The second-order valence-electron chi connectivity index (χ2n) is 10.2. The number of carbonyl (C=O) groups is 3. The Bertz CT molecular complexity index is 1230. The summed E-state index contributed by atoms with van der Waals surface area (Å²) in [6.45, 7) is 3.99. The standard InChI is InChI=1S/C27H38N5O8P/c1-19(33)10-11-21-17-22(29-25(28-21)20-7-3-2-4-8-20)26(36)30-23(18-41(38,39)40)27(37)32-15-13-31(14-16-32)12-6-5-9-24(34)35/h2-4,7-8,17,19,23,33H,5-6,9-16,18H2,1H3,(H,30,36)(H,34,35)(H2,38,39,40)/t19?,23-/m0/s1. The molecule has 5 N–H and O–H groups in total. The molecular formula is C27H38N5O8P. The highest BCUT2D eigenvalue weighted by Crippen LogP contribution is 2.35. The number of aliphatic hydroxyl groups is 1. The first kappa shape index (κ1) is 32.3. The van der Waals surface area contributed by atoms with Crippen molar-refractivity contribution in [3.63, 3.8) is 0 Å². The van der Waals surface area contributed by atoms with E-state index in [2.05, 4.69) is 20.2 Å². The molecule has 1 aliphatic heterocycles. The summed E-state index contributed by atoms with van der Waals surface area (Å²) < 4.78 is 11.9. The maximum absolute atomic E-state index is 13.3. The molecule has 1 saturated heterocycles. The predicted molar refractivity (Wildman–Crippen MR) is 150 cm³/mol. The van der Waals surface area contributed by atoms with Crippen molar-refractivity contribution in [3.8, 4) is 11.4 Å². The fraction of sp³-hybridized carbons (Fsp3) is 0.519. The molecule has 13 nitrogen and oxygen atoms in total. The van der Waals surface area contributed by atoms with Crippen molar-refractivity contribution in [3.05, 3.63) is 47.8 Å². The number of benzene rings is 1. The van der Waals surface area contributed by atoms with Crippen LogP contribution in [-0.4, -0.2) is 109 Å². The van der Waals surface area contributed by atoms with Gasteiger partial charge in [0.2, 0.25) is 5.91 Å². The molecule has 2 amide bonds. The first-order chi connectivity index (χ1) is 19.4. The number of amides is 2. The average molecular weight is 592 g/mol. The number of nitrogens with zero attached hydrogens (tertiary/aromatic N) is 4. The number of hydrogen-bond acceptors (Lipinski definition) is 8. The number of carboxylic acids is 1. The number of aryl methyl sites for hydroxylation is 1. The largest absolute Gasteiger partial charge is 0.481 e. The van der Waals surface area contributed by atoms with Crippen LogP contribution in [0.4, 0.5) is 0 Å². The van der Waals surface area contributed by atoms with E-state index in [0.717, 1.165) is 0 Å². The molecule has 0 bridgehead atoms. The maximum Gasteiger partial charge on any atom is 0.328 e. The first-order valence-corrected chi connectivity index (χ1v) is 15.4. The normalized spacial score (nSPS) is 15.8. The molecule has 14 heteroatoms. The molecule has 41 heavy (non-hydrogen) atoms. The number of unbranched alkanes of at least 4 members (excludes halogenated alkanes) is 1. The third kappa shape index (κ3) is 10.9. The van der Waals surface area contributed by atoms with Crippen molar-refractivity contribution in [2.24, 2.45) is 0 Å². The Hall–Kier alpha value is -3.22. The molecule has 2 heterocycles. The molecule has 1 unspecified atom stereocenters. The van der Waals surface area contributed by atoms with E-state index in [1.165, 1.54) is 11.0 Å². The Morgan fingerprint density at radius 1 is 1.05 bits per heavy atom. The third-order valence-corrected chi connectivity index (χ3v) is 7.53. The van der Waals surface area contributed by atoms with Gasteiger partial charge in [-0.3, -0.25) is 23.8 Å². The van der Waals surface area contributed by atoms with Gasteiger partial charge in [0, 0.05) is 43.9 Å². The van der Waals surface area contributed by atoms with E-state index in [1.54, 1.807) is 31.2 Å². The quantitative estimate of drug-likeness (QED) is 0.156. The molecule has 0 spiro atoms. The van der Waals surface area contributed by atoms with E-state index in [0.29, 0.717) is 69.7 Å². The summed E-state index contributed by atoms with van der Waals surface area (Å²) in [5, 5.41) is 21.0. The summed E-state index contributed by atoms with van der Waals surface area (Å²) in [5.41, 5.74) is 1.10. The minimum atomic E-state index is -4.68. The summed E-state index contributed by atoms with van der Waals surface area (Å²) >= 11 is 0. The maximum atomic E-state index is 13.3. The van der Waals surface area contributed by atoms with Crippen LogP contribution < -0.4 is 5.32 Å². The van der Waals surface area contributed by atoms with Crippen molar-refractivity contribution >= 4 is 25.4 Å². The van der Waals surface area contributed by atoms with Crippen molar-refractivity contribution in [2.45, 2.75) is 51.2 Å². The van der Waals surface area contributed by atoms with Gasteiger partial charge in [0.1, 0.15) is 11.7 Å². The molecule has 0 aliphatic carbocycles. The van der Waals surface area contributed by atoms with Crippen molar-refractivity contribution in [2.75, 3.05) is 38.9 Å². The number of hydrogen-bond donors (Lipinski definition) is 5. The summed E-state index contributed by atoms with van der Waals surface area (Å²) in [7, 11) is -4.68. The number of carboxylic acid groups (broad SMARTS) is 1. The van der Waals surface area contributed by atoms with Crippen molar-refractivity contribution < 1.29 is 38.9 Å². The predicted octanol–water partition coefficient (Wildman–Crippen LogP) is 1.13. The molecule has 2 aromatic rings.